The van der Waals surface area contributed by atoms with Gasteiger partial charge in [0.05, 0.1) is 6.54 Å². The summed E-state index contributed by atoms with van der Waals surface area (Å²) in [6.07, 6.45) is -0.306. The van der Waals surface area contributed by atoms with E-state index < -0.39 is 0 Å². The fourth-order valence-electron chi connectivity index (χ4n) is 1.28. The average Bonchev–Trinajstić information content (AvgIpc) is 2.08. The van der Waals surface area contributed by atoms with Gasteiger partial charge < -0.3 is 9.64 Å². The molecule has 1 heterocycles. The van der Waals surface area contributed by atoms with Crippen molar-refractivity contribution in [1.29, 1.82) is 0 Å². The highest BCUT2D eigenvalue weighted by atomic mass is 32.1. The molecule has 0 saturated heterocycles. The minimum atomic E-state index is -0.306. The van der Waals surface area contributed by atoms with Gasteiger partial charge in [0.15, 0.2) is 0 Å². The second-order valence-electron chi connectivity index (χ2n) is 3.02. The lowest BCUT2D eigenvalue weighted by Crippen LogP contribution is -2.33. The molecule has 13 heavy (non-hydrogen) atoms. The van der Waals surface area contributed by atoms with E-state index in [0.29, 0.717) is 12.3 Å². The quantitative estimate of drug-likeness (QED) is 0.641. The summed E-state index contributed by atoms with van der Waals surface area (Å²) in [4.78, 5) is 13.5. The Morgan fingerprint density at radius 3 is 3.08 bits per heavy atom. The lowest BCUT2D eigenvalue weighted by Gasteiger charge is -2.24. The fourth-order valence-corrected chi connectivity index (χ4v) is 1.51. The van der Waals surface area contributed by atoms with Gasteiger partial charge in [-0.15, -0.1) is 12.6 Å². The van der Waals surface area contributed by atoms with Crippen LogP contribution in [0.15, 0.2) is 23.1 Å². The number of amides is 1. The highest BCUT2D eigenvalue weighted by Crippen LogP contribution is 2.27. The molecule has 0 bridgehead atoms. The predicted octanol–water partition coefficient (Wildman–Crippen LogP) is 1.92. The molecule has 0 radical (unpaired) electrons. The maximum absolute atomic E-state index is 11.1. The van der Waals surface area contributed by atoms with Crippen molar-refractivity contribution in [3.63, 3.8) is 0 Å². The van der Waals surface area contributed by atoms with Gasteiger partial charge in [-0.1, -0.05) is 0 Å². The molecular formula is C9H9NO2S. The first-order valence-corrected chi connectivity index (χ1v) is 4.36. The van der Waals surface area contributed by atoms with Crippen molar-refractivity contribution in [2.24, 2.45) is 0 Å². The number of ether oxygens (including phenoxy) is 1. The monoisotopic (exact) mass is 195 g/mol. The van der Waals surface area contributed by atoms with E-state index in [1.807, 2.05) is 6.07 Å². The van der Waals surface area contributed by atoms with Crippen LogP contribution in [0.2, 0.25) is 0 Å². The number of carbonyl (C=O) groups excluding carboxylic acids is 1. The van der Waals surface area contributed by atoms with Crippen molar-refractivity contribution in [1.82, 2.24) is 4.90 Å². The lowest BCUT2D eigenvalue weighted by molar-refractivity contribution is 0.150. The van der Waals surface area contributed by atoms with E-state index in [-0.39, 0.29) is 6.09 Å². The third-order valence-corrected chi connectivity index (χ3v) is 2.24. The van der Waals surface area contributed by atoms with Crippen LogP contribution in [0.4, 0.5) is 4.79 Å². The molecular weight excluding hydrogens is 186 g/mol. The molecule has 0 saturated carbocycles. The Bertz CT molecular complexity index is 365. The van der Waals surface area contributed by atoms with Crippen LogP contribution >= 0.6 is 12.6 Å². The zero-order valence-electron chi connectivity index (χ0n) is 7.15. The van der Waals surface area contributed by atoms with Crippen LogP contribution in [0.25, 0.3) is 0 Å². The summed E-state index contributed by atoms with van der Waals surface area (Å²) in [5.41, 5.74) is 0.995. The molecule has 1 aromatic carbocycles. The van der Waals surface area contributed by atoms with Crippen LogP contribution < -0.4 is 4.74 Å². The molecule has 0 unspecified atom stereocenters. The Labute approximate surface area is 81.7 Å². The van der Waals surface area contributed by atoms with E-state index in [1.165, 1.54) is 4.90 Å². The summed E-state index contributed by atoms with van der Waals surface area (Å²) >= 11 is 4.21. The first-order valence-electron chi connectivity index (χ1n) is 3.91. The molecule has 0 atom stereocenters. The molecule has 0 fully saturated rings. The highest BCUT2D eigenvalue weighted by Gasteiger charge is 2.21. The molecule has 1 aromatic rings. The van der Waals surface area contributed by atoms with Gasteiger partial charge in [0.2, 0.25) is 0 Å². The van der Waals surface area contributed by atoms with Crippen LogP contribution in [-0.2, 0) is 6.54 Å². The van der Waals surface area contributed by atoms with Crippen molar-refractivity contribution >= 4 is 18.7 Å². The van der Waals surface area contributed by atoms with Gasteiger partial charge in [0.1, 0.15) is 5.75 Å². The number of hydrogen-bond acceptors (Lipinski definition) is 3. The highest BCUT2D eigenvalue weighted by molar-refractivity contribution is 7.80. The van der Waals surface area contributed by atoms with E-state index in [9.17, 15) is 4.79 Å². The lowest BCUT2D eigenvalue weighted by atomic mass is 10.2. The van der Waals surface area contributed by atoms with Gasteiger partial charge in [-0.25, -0.2) is 4.79 Å². The Hall–Kier alpha value is -1.16. The van der Waals surface area contributed by atoms with E-state index in [0.717, 1.165) is 10.5 Å². The molecule has 0 N–H and O–H groups in total. The van der Waals surface area contributed by atoms with E-state index >= 15 is 0 Å². The van der Waals surface area contributed by atoms with E-state index in [2.05, 4.69) is 12.6 Å². The Kier molecular flexibility index (Phi) is 1.92. The zero-order chi connectivity index (χ0) is 9.42. The number of nitrogens with zero attached hydrogens (tertiary/aromatic N) is 1. The SMILES string of the molecule is CN1Cc2cc(S)ccc2OC1=O. The largest absolute Gasteiger partial charge is 0.415 e. The summed E-state index contributed by atoms with van der Waals surface area (Å²) in [5.74, 6) is 0.640. The van der Waals surface area contributed by atoms with E-state index in [1.54, 1.807) is 19.2 Å². The van der Waals surface area contributed by atoms with Crippen LogP contribution in [-0.4, -0.2) is 18.0 Å². The summed E-state index contributed by atoms with van der Waals surface area (Å²) in [6, 6.07) is 5.48. The van der Waals surface area contributed by atoms with Gasteiger partial charge >= 0.3 is 6.09 Å². The third kappa shape index (κ3) is 1.49. The molecule has 0 aromatic heterocycles. The molecule has 1 aliphatic heterocycles. The second-order valence-corrected chi connectivity index (χ2v) is 3.53. The van der Waals surface area contributed by atoms with Crippen molar-refractivity contribution in [3.05, 3.63) is 23.8 Å². The van der Waals surface area contributed by atoms with Gasteiger partial charge in [-0.2, -0.15) is 0 Å². The Morgan fingerprint density at radius 2 is 2.31 bits per heavy atom. The summed E-state index contributed by atoms with van der Waals surface area (Å²) in [6.45, 7) is 0.586. The molecule has 1 aliphatic rings. The standard InChI is InChI=1S/C9H9NO2S/c1-10-5-6-4-7(13)2-3-8(6)12-9(10)11/h2-4,13H,5H2,1H3. The summed E-state index contributed by atoms with van der Waals surface area (Å²) < 4.78 is 5.05. The maximum atomic E-state index is 11.1. The molecule has 0 spiro atoms. The average molecular weight is 195 g/mol. The number of rotatable bonds is 0. The maximum Gasteiger partial charge on any atom is 0.415 e. The van der Waals surface area contributed by atoms with Crippen LogP contribution in [0.3, 0.4) is 0 Å². The third-order valence-electron chi connectivity index (χ3n) is 1.96. The van der Waals surface area contributed by atoms with Gasteiger partial charge in [-0.3, -0.25) is 0 Å². The van der Waals surface area contributed by atoms with Crippen LogP contribution in [0.5, 0.6) is 5.75 Å². The van der Waals surface area contributed by atoms with Crippen LogP contribution in [0, 0.1) is 0 Å². The summed E-state index contributed by atoms with van der Waals surface area (Å²) in [5, 5.41) is 0. The zero-order valence-corrected chi connectivity index (χ0v) is 8.04. The molecule has 1 amide bonds. The molecule has 2 rings (SSSR count). The Morgan fingerprint density at radius 1 is 1.54 bits per heavy atom. The van der Waals surface area contributed by atoms with Crippen molar-refractivity contribution < 1.29 is 9.53 Å². The van der Waals surface area contributed by atoms with Crippen molar-refractivity contribution in [2.75, 3.05) is 7.05 Å². The molecule has 0 aliphatic carbocycles. The number of thiol groups is 1. The number of carbonyl (C=O) groups is 1. The van der Waals surface area contributed by atoms with Crippen LogP contribution in [0.1, 0.15) is 5.56 Å². The first-order chi connectivity index (χ1) is 6.16. The minimum Gasteiger partial charge on any atom is -0.410 e. The Balaban J connectivity index is 2.42. The number of hydrogen-bond donors (Lipinski definition) is 1. The molecule has 68 valence electrons. The fraction of sp³-hybridized carbons (Fsp3) is 0.222. The van der Waals surface area contributed by atoms with Gasteiger partial charge in [0.25, 0.3) is 0 Å². The van der Waals surface area contributed by atoms with Crippen molar-refractivity contribution in [2.45, 2.75) is 11.4 Å². The second kappa shape index (κ2) is 2.96. The smallest absolute Gasteiger partial charge is 0.410 e. The molecule has 4 heteroatoms. The molecule has 3 nitrogen and oxygen atoms in total. The number of fused-ring (bicyclic) bond motifs is 1. The van der Waals surface area contributed by atoms with Crippen molar-refractivity contribution in [3.8, 4) is 5.75 Å². The minimum absolute atomic E-state index is 0.306. The van der Waals surface area contributed by atoms with Gasteiger partial charge in [0, 0.05) is 17.5 Å². The topological polar surface area (TPSA) is 29.5 Å². The normalized spacial score (nSPS) is 15.2. The number of benzene rings is 1. The summed E-state index contributed by atoms with van der Waals surface area (Å²) in [7, 11) is 1.70. The first kappa shape index (κ1) is 8.44. The van der Waals surface area contributed by atoms with E-state index in [4.69, 9.17) is 4.74 Å². The van der Waals surface area contributed by atoms with Gasteiger partial charge in [-0.05, 0) is 18.2 Å². The predicted molar refractivity (Wildman–Crippen MR) is 51.2 cm³/mol.